The van der Waals surface area contributed by atoms with Gasteiger partial charge in [0.15, 0.2) is 0 Å². The molecule has 0 saturated carbocycles. The minimum atomic E-state index is 0.148. The van der Waals surface area contributed by atoms with Gasteiger partial charge in [0.25, 0.3) is 0 Å². The molecule has 0 radical (unpaired) electrons. The molecule has 1 aromatic heterocycles. The summed E-state index contributed by atoms with van der Waals surface area (Å²) < 4.78 is 5.42. The summed E-state index contributed by atoms with van der Waals surface area (Å²) in [6.07, 6.45) is 1.51. The molecule has 0 atom stereocenters. The van der Waals surface area contributed by atoms with Gasteiger partial charge in [0.2, 0.25) is 17.8 Å². The van der Waals surface area contributed by atoms with Crippen LogP contribution in [-0.2, 0) is 4.74 Å². The average molecular weight is 405 g/mol. The summed E-state index contributed by atoms with van der Waals surface area (Å²) in [7, 11) is 0. The van der Waals surface area contributed by atoms with Crippen molar-refractivity contribution in [3.8, 4) is 5.75 Å². The number of nitrogens with one attached hydrogen (secondary N) is 2. The normalized spacial score (nSPS) is 14.1. The lowest BCUT2D eigenvalue weighted by molar-refractivity contribution is 0.122. The lowest BCUT2D eigenvalue weighted by Gasteiger charge is -2.27. The van der Waals surface area contributed by atoms with Crippen molar-refractivity contribution in [3.05, 3.63) is 59.7 Å². The number of hydrogen-bond donors (Lipinski definition) is 3. The van der Waals surface area contributed by atoms with E-state index < -0.39 is 0 Å². The predicted octanol–water partition coefficient (Wildman–Crippen LogP) is 2.91. The van der Waals surface area contributed by atoms with Crippen LogP contribution in [0.2, 0.25) is 0 Å². The summed E-state index contributed by atoms with van der Waals surface area (Å²) in [5.74, 6) is 1.40. The van der Waals surface area contributed by atoms with Gasteiger partial charge in [-0.15, -0.1) is 0 Å². The van der Waals surface area contributed by atoms with Gasteiger partial charge in [-0.25, -0.2) is 5.43 Å². The summed E-state index contributed by atoms with van der Waals surface area (Å²) in [6.45, 7) is 4.69. The summed E-state index contributed by atoms with van der Waals surface area (Å²) in [4.78, 5) is 15.5. The maximum atomic E-state index is 9.86. The Morgan fingerprint density at radius 3 is 2.50 bits per heavy atom. The van der Waals surface area contributed by atoms with Gasteiger partial charge in [0.05, 0.1) is 19.4 Å². The topological polar surface area (TPSA) is 108 Å². The van der Waals surface area contributed by atoms with Crippen LogP contribution < -0.4 is 15.6 Å². The van der Waals surface area contributed by atoms with Crippen molar-refractivity contribution in [1.29, 1.82) is 0 Å². The van der Waals surface area contributed by atoms with Crippen LogP contribution in [0, 0.1) is 6.92 Å². The van der Waals surface area contributed by atoms with Crippen LogP contribution in [0.3, 0.4) is 0 Å². The SMILES string of the molecule is Cc1ccc(Nc2nc(N/N=C\c3ccccc3O)nc(N3CCOCC3)n2)cc1. The van der Waals surface area contributed by atoms with Crippen molar-refractivity contribution in [2.24, 2.45) is 5.10 Å². The van der Waals surface area contributed by atoms with E-state index in [1.54, 1.807) is 18.2 Å². The molecule has 9 heteroatoms. The lowest BCUT2D eigenvalue weighted by Crippen LogP contribution is -2.37. The largest absolute Gasteiger partial charge is 0.507 e. The Hall–Kier alpha value is -3.72. The summed E-state index contributed by atoms with van der Waals surface area (Å²) >= 11 is 0. The van der Waals surface area contributed by atoms with Gasteiger partial charge in [0.1, 0.15) is 5.75 Å². The molecular weight excluding hydrogens is 382 g/mol. The summed E-state index contributed by atoms with van der Waals surface area (Å²) in [6, 6.07) is 14.9. The predicted molar refractivity (Wildman–Crippen MR) is 117 cm³/mol. The number of phenols is 1. The molecule has 4 rings (SSSR count). The van der Waals surface area contributed by atoms with Crippen molar-refractivity contribution in [2.75, 3.05) is 41.9 Å². The minimum absolute atomic E-state index is 0.148. The molecule has 3 aromatic rings. The maximum Gasteiger partial charge on any atom is 0.250 e. The Labute approximate surface area is 174 Å². The molecule has 0 bridgehead atoms. The highest BCUT2D eigenvalue weighted by Gasteiger charge is 2.16. The number of aromatic nitrogens is 3. The fraction of sp³-hybridized carbons (Fsp3) is 0.238. The summed E-state index contributed by atoms with van der Waals surface area (Å²) in [5.41, 5.74) is 5.47. The molecule has 30 heavy (non-hydrogen) atoms. The molecule has 1 saturated heterocycles. The molecule has 0 spiro atoms. The van der Waals surface area contributed by atoms with Crippen LogP contribution in [0.5, 0.6) is 5.75 Å². The molecule has 3 N–H and O–H groups in total. The average Bonchev–Trinajstić information content (AvgIpc) is 2.77. The molecule has 2 heterocycles. The monoisotopic (exact) mass is 405 g/mol. The number of hydrazone groups is 1. The van der Waals surface area contributed by atoms with Crippen LogP contribution in [0.4, 0.5) is 23.5 Å². The number of anilines is 4. The number of para-hydroxylation sites is 1. The molecule has 0 aliphatic carbocycles. The molecule has 9 nitrogen and oxygen atoms in total. The Morgan fingerprint density at radius 1 is 1.00 bits per heavy atom. The number of morpholine rings is 1. The van der Waals surface area contributed by atoms with Crippen LogP contribution >= 0.6 is 0 Å². The van der Waals surface area contributed by atoms with Gasteiger partial charge in [-0.1, -0.05) is 29.8 Å². The van der Waals surface area contributed by atoms with E-state index in [4.69, 9.17) is 4.74 Å². The zero-order valence-corrected chi connectivity index (χ0v) is 16.6. The quantitative estimate of drug-likeness (QED) is 0.424. The highest BCUT2D eigenvalue weighted by atomic mass is 16.5. The van der Waals surface area contributed by atoms with Gasteiger partial charge >= 0.3 is 0 Å². The van der Waals surface area contributed by atoms with Gasteiger partial charge in [0, 0.05) is 24.3 Å². The number of nitrogens with zero attached hydrogens (tertiary/aromatic N) is 5. The lowest BCUT2D eigenvalue weighted by atomic mass is 10.2. The Morgan fingerprint density at radius 2 is 1.73 bits per heavy atom. The molecule has 0 unspecified atom stereocenters. The first-order valence-electron chi connectivity index (χ1n) is 9.67. The molecular formula is C21H23N7O2. The van der Waals surface area contributed by atoms with Crippen molar-refractivity contribution in [2.45, 2.75) is 6.92 Å². The minimum Gasteiger partial charge on any atom is -0.507 e. The molecule has 2 aromatic carbocycles. The van der Waals surface area contributed by atoms with Crippen molar-refractivity contribution in [3.63, 3.8) is 0 Å². The molecule has 154 valence electrons. The first-order valence-corrected chi connectivity index (χ1v) is 9.67. The van der Waals surface area contributed by atoms with Gasteiger partial charge in [-0.05, 0) is 31.2 Å². The van der Waals surface area contributed by atoms with Gasteiger partial charge in [-0.2, -0.15) is 20.1 Å². The van der Waals surface area contributed by atoms with E-state index >= 15 is 0 Å². The second kappa shape index (κ2) is 9.19. The molecule has 1 aliphatic heterocycles. The summed E-state index contributed by atoms with van der Waals surface area (Å²) in [5, 5.41) is 17.2. The van der Waals surface area contributed by atoms with Crippen LogP contribution in [0.1, 0.15) is 11.1 Å². The van der Waals surface area contributed by atoms with Crippen LogP contribution in [0.15, 0.2) is 53.6 Å². The van der Waals surface area contributed by atoms with E-state index in [1.165, 1.54) is 11.8 Å². The number of rotatable bonds is 6. The molecule has 1 aliphatic rings. The zero-order chi connectivity index (χ0) is 20.8. The fourth-order valence-corrected chi connectivity index (χ4v) is 2.90. The van der Waals surface area contributed by atoms with E-state index in [1.807, 2.05) is 42.2 Å². The highest BCUT2D eigenvalue weighted by molar-refractivity contribution is 5.83. The molecule has 1 fully saturated rings. The third-order valence-electron chi connectivity index (χ3n) is 4.53. The van der Waals surface area contributed by atoms with Gasteiger partial charge < -0.3 is 20.1 Å². The van der Waals surface area contributed by atoms with Crippen LogP contribution in [0.25, 0.3) is 0 Å². The number of benzene rings is 2. The van der Waals surface area contributed by atoms with E-state index in [0.717, 1.165) is 5.69 Å². The number of ether oxygens (including phenoxy) is 1. The second-order valence-corrected chi connectivity index (χ2v) is 6.80. The fourth-order valence-electron chi connectivity index (χ4n) is 2.90. The zero-order valence-electron chi connectivity index (χ0n) is 16.6. The first-order chi connectivity index (χ1) is 14.7. The van der Waals surface area contributed by atoms with Crippen molar-refractivity contribution in [1.82, 2.24) is 15.0 Å². The number of aromatic hydroxyl groups is 1. The number of aryl methyl sites for hydroxylation is 1. The van der Waals surface area contributed by atoms with Gasteiger partial charge in [-0.3, -0.25) is 0 Å². The Bertz CT molecular complexity index is 1020. The smallest absolute Gasteiger partial charge is 0.250 e. The van der Waals surface area contributed by atoms with E-state index in [-0.39, 0.29) is 5.75 Å². The number of hydrogen-bond acceptors (Lipinski definition) is 9. The molecule has 0 amide bonds. The Balaban J connectivity index is 1.57. The Kier molecular flexibility index (Phi) is 6.00. The van der Waals surface area contributed by atoms with Crippen molar-refractivity contribution < 1.29 is 9.84 Å². The first kappa shape index (κ1) is 19.6. The van der Waals surface area contributed by atoms with E-state index in [9.17, 15) is 5.11 Å². The number of phenolic OH excluding ortho intramolecular Hbond substituents is 1. The van der Waals surface area contributed by atoms with Crippen LogP contribution in [-0.4, -0.2) is 52.6 Å². The van der Waals surface area contributed by atoms with Crippen molar-refractivity contribution >= 4 is 29.7 Å². The standard InChI is InChI=1S/C21H23N7O2/c1-15-6-8-17(9-7-15)23-19-24-20(26-21(25-19)28-10-12-30-13-11-28)27-22-14-16-4-2-3-5-18(16)29/h2-9,14,29H,10-13H2,1H3,(H2,23,24,25,26,27)/b22-14-. The van der Waals surface area contributed by atoms with E-state index in [0.29, 0.717) is 49.7 Å². The third kappa shape index (κ3) is 5.00. The highest BCUT2D eigenvalue weighted by Crippen LogP contribution is 2.19. The van der Waals surface area contributed by atoms with E-state index in [2.05, 4.69) is 30.8 Å². The second-order valence-electron chi connectivity index (χ2n) is 6.80. The maximum absolute atomic E-state index is 9.86. The third-order valence-corrected chi connectivity index (χ3v) is 4.53.